The van der Waals surface area contributed by atoms with E-state index < -0.39 is 26.5 Å². The molecule has 186 valence electrons. The number of fused-ring (bicyclic) bond motifs is 3. The van der Waals surface area contributed by atoms with Crippen molar-refractivity contribution in [2.45, 2.75) is 24.0 Å². The molecule has 35 heavy (non-hydrogen) atoms. The average molecular weight is 556 g/mol. The highest BCUT2D eigenvalue weighted by Crippen LogP contribution is 2.49. The number of furan rings is 1. The number of rotatable bonds is 5. The van der Waals surface area contributed by atoms with Crippen LogP contribution in [0.1, 0.15) is 22.4 Å². The standard InChI is InChI=1S/C21H22ClN5O5S3/c1-10-9-33-19(24-10)16-14-15(25(2)21(29)26(3)20(14)28)17-18(12-5-6-13(22)32-12)34-11(8-27(16)17)7-23-35(4,30)31/h5-6,9,11,18,23H,7-8H2,1-4H3/t11-,18+/m1/s1. The fourth-order valence-electron chi connectivity index (χ4n) is 4.41. The van der Waals surface area contributed by atoms with Crippen LogP contribution in [0.5, 0.6) is 0 Å². The number of hydrogen-bond donors (Lipinski definition) is 1. The monoisotopic (exact) mass is 555 g/mol. The van der Waals surface area contributed by atoms with Crippen LogP contribution in [0.2, 0.25) is 5.22 Å². The van der Waals surface area contributed by atoms with Crippen molar-refractivity contribution in [1.29, 1.82) is 0 Å². The first-order chi connectivity index (χ1) is 16.5. The first kappa shape index (κ1) is 24.4. The third-order valence-corrected chi connectivity index (χ3v) is 9.20. The topological polar surface area (TPSA) is 121 Å². The van der Waals surface area contributed by atoms with Gasteiger partial charge in [-0.1, -0.05) is 0 Å². The maximum Gasteiger partial charge on any atom is 0.331 e. The molecule has 0 radical (unpaired) electrons. The summed E-state index contributed by atoms with van der Waals surface area (Å²) >= 11 is 9.00. The third kappa shape index (κ3) is 4.18. The van der Waals surface area contributed by atoms with Crippen molar-refractivity contribution in [1.82, 2.24) is 23.4 Å². The van der Waals surface area contributed by atoms with Crippen molar-refractivity contribution in [3.05, 3.63) is 60.7 Å². The van der Waals surface area contributed by atoms with Crippen LogP contribution >= 0.6 is 34.7 Å². The Morgan fingerprint density at radius 3 is 2.60 bits per heavy atom. The lowest BCUT2D eigenvalue weighted by Gasteiger charge is -2.31. The van der Waals surface area contributed by atoms with Gasteiger partial charge < -0.3 is 8.98 Å². The van der Waals surface area contributed by atoms with E-state index in [2.05, 4.69) is 9.71 Å². The van der Waals surface area contributed by atoms with Crippen molar-refractivity contribution in [2.75, 3.05) is 12.8 Å². The number of thiazole rings is 1. The second-order valence-corrected chi connectivity index (χ2v) is 12.9. The van der Waals surface area contributed by atoms with E-state index in [0.717, 1.165) is 16.5 Å². The van der Waals surface area contributed by atoms with Gasteiger partial charge in [0.2, 0.25) is 10.0 Å². The molecule has 5 rings (SSSR count). The first-order valence-corrected chi connectivity index (χ1v) is 14.7. The van der Waals surface area contributed by atoms with E-state index in [9.17, 15) is 18.0 Å². The SMILES string of the molecule is Cc1csc(-c2c3c(=O)n(C)c(=O)n(C)c3c3n2C[C@@H](CNS(C)(=O)=O)S[C@H]3c2ccc(Cl)o2)n1. The van der Waals surface area contributed by atoms with Crippen LogP contribution in [-0.4, -0.2) is 45.2 Å². The fraction of sp³-hybridized carbons (Fsp3) is 0.381. The van der Waals surface area contributed by atoms with E-state index in [-0.39, 0.29) is 17.0 Å². The molecule has 4 aromatic heterocycles. The number of aromatic nitrogens is 4. The molecule has 14 heteroatoms. The number of aryl methyl sites for hydroxylation is 2. The molecule has 1 aliphatic rings. The predicted molar refractivity (Wildman–Crippen MR) is 138 cm³/mol. The van der Waals surface area contributed by atoms with Gasteiger partial charge in [-0.2, -0.15) is 0 Å². The molecule has 0 fully saturated rings. The van der Waals surface area contributed by atoms with E-state index >= 15 is 0 Å². The molecule has 5 heterocycles. The van der Waals surface area contributed by atoms with Gasteiger partial charge in [-0.25, -0.2) is 22.9 Å². The highest BCUT2D eigenvalue weighted by molar-refractivity contribution is 8.00. The summed E-state index contributed by atoms with van der Waals surface area (Å²) in [6.45, 7) is 2.45. The van der Waals surface area contributed by atoms with E-state index in [0.29, 0.717) is 39.6 Å². The predicted octanol–water partition coefficient (Wildman–Crippen LogP) is 2.47. The normalized spacial score (nSPS) is 18.3. The molecule has 1 aliphatic heterocycles. The Morgan fingerprint density at radius 2 is 2.00 bits per heavy atom. The molecule has 0 aliphatic carbocycles. The van der Waals surface area contributed by atoms with Crippen LogP contribution in [0.4, 0.5) is 0 Å². The molecule has 0 aromatic carbocycles. The van der Waals surface area contributed by atoms with Crippen LogP contribution in [0.15, 0.2) is 31.5 Å². The van der Waals surface area contributed by atoms with Crippen molar-refractivity contribution in [3.63, 3.8) is 0 Å². The Bertz CT molecular complexity index is 1690. The molecule has 1 N–H and O–H groups in total. The van der Waals surface area contributed by atoms with Gasteiger partial charge in [0.05, 0.1) is 28.5 Å². The smallest absolute Gasteiger partial charge is 0.331 e. The van der Waals surface area contributed by atoms with Crippen molar-refractivity contribution in [3.8, 4) is 10.7 Å². The van der Waals surface area contributed by atoms with Crippen molar-refractivity contribution < 1.29 is 12.8 Å². The van der Waals surface area contributed by atoms with Crippen LogP contribution in [-0.2, 0) is 30.7 Å². The van der Waals surface area contributed by atoms with Gasteiger partial charge in [-0.05, 0) is 30.7 Å². The number of sulfonamides is 1. The Hall–Kier alpha value is -2.32. The minimum Gasteiger partial charge on any atom is -0.448 e. The van der Waals surface area contributed by atoms with Crippen LogP contribution < -0.4 is 16.0 Å². The highest BCUT2D eigenvalue weighted by Gasteiger charge is 2.38. The van der Waals surface area contributed by atoms with Gasteiger partial charge in [0, 0.05) is 43.5 Å². The number of hydrogen-bond acceptors (Lipinski definition) is 8. The summed E-state index contributed by atoms with van der Waals surface area (Å²) in [5, 5.41) is 2.50. The van der Waals surface area contributed by atoms with Crippen molar-refractivity contribution >= 4 is 55.6 Å². The van der Waals surface area contributed by atoms with Gasteiger partial charge in [-0.3, -0.25) is 13.9 Å². The largest absolute Gasteiger partial charge is 0.448 e. The van der Waals surface area contributed by atoms with Crippen LogP contribution in [0.3, 0.4) is 0 Å². The molecule has 10 nitrogen and oxygen atoms in total. The molecular formula is C21H22ClN5O5S3. The number of nitrogens with one attached hydrogen (secondary N) is 1. The zero-order chi connectivity index (χ0) is 25.2. The Morgan fingerprint density at radius 1 is 1.26 bits per heavy atom. The second kappa shape index (κ2) is 8.66. The van der Waals surface area contributed by atoms with Gasteiger partial charge in [0.25, 0.3) is 5.56 Å². The highest BCUT2D eigenvalue weighted by atomic mass is 35.5. The molecule has 0 amide bonds. The number of nitrogens with zero attached hydrogens (tertiary/aromatic N) is 4. The van der Waals surface area contributed by atoms with Gasteiger partial charge in [0.1, 0.15) is 16.0 Å². The van der Waals surface area contributed by atoms with Gasteiger partial charge >= 0.3 is 5.69 Å². The lowest BCUT2D eigenvalue weighted by atomic mass is 10.2. The lowest BCUT2D eigenvalue weighted by Crippen LogP contribution is -2.37. The van der Waals surface area contributed by atoms with E-state index in [1.807, 2.05) is 16.9 Å². The minimum atomic E-state index is -3.41. The van der Waals surface area contributed by atoms with Gasteiger partial charge in [-0.15, -0.1) is 23.1 Å². The van der Waals surface area contributed by atoms with Crippen LogP contribution in [0.25, 0.3) is 21.6 Å². The Balaban J connectivity index is 1.86. The summed E-state index contributed by atoms with van der Waals surface area (Å²) in [6.07, 6.45) is 1.11. The first-order valence-electron chi connectivity index (χ1n) is 10.6. The summed E-state index contributed by atoms with van der Waals surface area (Å²) in [6, 6.07) is 3.39. The summed E-state index contributed by atoms with van der Waals surface area (Å²) in [5.41, 5.74) is 1.77. The lowest BCUT2D eigenvalue weighted by molar-refractivity contribution is 0.504. The van der Waals surface area contributed by atoms with E-state index in [4.69, 9.17) is 16.0 Å². The van der Waals surface area contributed by atoms with Gasteiger partial charge in [0.15, 0.2) is 5.22 Å². The number of thioether (sulfide) groups is 1. The molecule has 0 unspecified atom stereocenters. The third-order valence-electron chi connectivity index (χ3n) is 5.91. The molecule has 0 saturated heterocycles. The molecule has 0 spiro atoms. The minimum absolute atomic E-state index is 0.176. The number of halogens is 1. The quantitative estimate of drug-likeness (QED) is 0.401. The second-order valence-electron chi connectivity index (χ2n) is 8.47. The summed E-state index contributed by atoms with van der Waals surface area (Å²) in [7, 11) is -0.325. The molecule has 4 aromatic rings. The maximum atomic E-state index is 13.5. The Labute approximate surface area is 213 Å². The maximum absolute atomic E-state index is 13.5. The summed E-state index contributed by atoms with van der Waals surface area (Å²) < 4.78 is 36.5. The summed E-state index contributed by atoms with van der Waals surface area (Å²) in [5.74, 6) is 0.541. The Kier molecular flexibility index (Phi) is 6.03. The van der Waals surface area contributed by atoms with E-state index in [1.54, 1.807) is 19.2 Å². The fourth-order valence-corrected chi connectivity index (χ4v) is 7.46. The molecule has 2 atom stereocenters. The summed E-state index contributed by atoms with van der Waals surface area (Å²) in [4.78, 5) is 31.1. The van der Waals surface area contributed by atoms with Crippen LogP contribution in [0, 0.1) is 6.92 Å². The van der Waals surface area contributed by atoms with Crippen molar-refractivity contribution in [2.24, 2.45) is 14.1 Å². The average Bonchev–Trinajstić information content (AvgIpc) is 3.50. The molecular weight excluding hydrogens is 534 g/mol. The van der Waals surface area contributed by atoms with E-state index in [1.165, 1.54) is 34.7 Å². The zero-order valence-electron chi connectivity index (χ0n) is 19.2. The zero-order valence-corrected chi connectivity index (χ0v) is 22.4. The molecule has 0 saturated carbocycles. The molecule has 0 bridgehead atoms.